The van der Waals surface area contributed by atoms with Crippen molar-refractivity contribution in [1.29, 1.82) is 0 Å². The molecule has 2 atom stereocenters. The summed E-state index contributed by atoms with van der Waals surface area (Å²) in [6.45, 7) is 0. The van der Waals surface area contributed by atoms with Gasteiger partial charge in [0.05, 0.1) is 17.3 Å². The molecule has 2 unspecified atom stereocenters. The van der Waals surface area contributed by atoms with E-state index in [1.807, 2.05) is 36.4 Å². The number of benzene rings is 9. The van der Waals surface area contributed by atoms with Crippen LogP contribution in [-0.2, 0) is 0 Å². The Hall–Kier alpha value is -8.41. The van der Waals surface area contributed by atoms with E-state index in [4.69, 9.17) is 15.0 Å². The Kier molecular flexibility index (Phi) is 8.28. The van der Waals surface area contributed by atoms with Gasteiger partial charge in [0.2, 0.25) is 0 Å². The first-order valence-corrected chi connectivity index (χ1v) is 21.9. The average Bonchev–Trinajstić information content (AvgIpc) is 3.71. The van der Waals surface area contributed by atoms with Gasteiger partial charge in [0.25, 0.3) is 0 Å². The van der Waals surface area contributed by atoms with E-state index in [-0.39, 0.29) is 12.1 Å². The Balaban J connectivity index is 0.974. The van der Waals surface area contributed by atoms with Crippen LogP contribution in [0.25, 0.3) is 67.3 Å². The lowest BCUT2D eigenvalue weighted by atomic mass is 9.80. The third kappa shape index (κ3) is 5.68. The van der Waals surface area contributed by atoms with Crippen LogP contribution in [0.3, 0.4) is 0 Å². The summed E-state index contributed by atoms with van der Waals surface area (Å²) in [5, 5.41) is 0. The van der Waals surface area contributed by atoms with Gasteiger partial charge in [0, 0.05) is 39.2 Å². The fourth-order valence-corrected chi connectivity index (χ4v) is 10.4. The minimum absolute atomic E-state index is 0.113. The zero-order chi connectivity index (χ0) is 42.1. The molecule has 1 aliphatic carbocycles. The summed E-state index contributed by atoms with van der Waals surface area (Å²) in [6.07, 6.45) is -0.113. The Morgan fingerprint density at radius 3 is 1.42 bits per heavy atom. The maximum Gasteiger partial charge on any atom is 0.163 e. The number of hydrogen-bond acceptors (Lipinski definition) is 5. The summed E-state index contributed by atoms with van der Waals surface area (Å²) in [7, 11) is 0. The lowest BCUT2D eigenvalue weighted by Gasteiger charge is -2.50. The van der Waals surface area contributed by atoms with Gasteiger partial charge in [0.1, 0.15) is 12.0 Å². The van der Waals surface area contributed by atoms with Crippen LogP contribution in [0.1, 0.15) is 34.6 Å². The molecule has 13 rings (SSSR count). The minimum atomic E-state index is -0.153. The smallest absolute Gasteiger partial charge is 0.163 e. The molecular formula is C59H39N5. The molecule has 0 spiro atoms. The number of nitrogens with zero attached hydrogens (tertiary/aromatic N) is 5. The van der Waals surface area contributed by atoms with Crippen LogP contribution < -0.4 is 9.80 Å². The molecule has 0 bridgehead atoms. The van der Waals surface area contributed by atoms with Gasteiger partial charge in [-0.15, -0.1) is 0 Å². The molecule has 10 aromatic rings. The van der Waals surface area contributed by atoms with Crippen LogP contribution in [0.4, 0.5) is 22.7 Å². The number of aromatic nitrogens is 3. The SMILES string of the molecule is c1ccc(-c2nc(-c3ccccc3)nc(C3c4ccccc4-c4cc(-c5ccc6c(c5)-c5cccc7c5C(N(c5ccccc5)c5ccccc5-7)N6c5ccccc5)ccc43)n2)cc1. The van der Waals surface area contributed by atoms with Gasteiger partial charge in [-0.1, -0.05) is 176 Å². The third-order valence-corrected chi connectivity index (χ3v) is 13.2. The van der Waals surface area contributed by atoms with Gasteiger partial charge in [-0.25, -0.2) is 15.0 Å². The number of para-hydroxylation sites is 3. The van der Waals surface area contributed by atoms with Crippen LogP contribution in [0, 0.1) is 0 Å². The largest absolute Gasteiger partial charge is 0.315 e. The molecule has 0 amide bonds. The second kappa shape index (κ2) is 14.6. The summed E-state index contributed by atoms with van der Waals surface area (Å²) < 4.78 is 0. The first-order chi connectivity index (χ1) is 31.8. The molecule has 9 aromatic carbocycles. The number of rotatable bonds is 6. The molecule has 3 aliphatic rings. The monoisotopic (exact) mass is 817 g/mol. The second-order valence-electron chi connectivity index (χ2n) is 16.7. The van der Waals surface area contributed by atoms with E-state index in [0.29, 0.717) is 11.6 Å². The lowest BCUT2D eigenvalue weighted by Crippen LogP contribution is -2.41. The summed E-state index contributed by atoms with van der Waals surface area (Å²) in [5.74, 6) is 1.94. The van der Waals surface area contributed by atoms with Crippen molar-refractivity contribution in [2.45, 2.75) is 12.1 Å². The van der Waals surface area contributed by atoms with E-state index < -0.39 is 0 Å². The van der Waals surface area contributed by atoms with Crippen LogP contribution in [0.2, 0.25) is 0 Å². The summed E-state index contributed by atoms with van der Waals surface area (Å²) in [4.78, 5) is 20.5. The topological polar surface area (TPSA) is 45.2 Å². The van der Waals surface area contributed by atoms with Crippen molar-refractivity contribution in [1.82, 2.24) is 15.0 Å². The molecule has 5 nitrogen and oxygen atoms in total. The van der Waals surface area contributed by atoms with Crippen molar-refractivity contribution < 1.29 is 0 Å². The fraction of sp³-hybridized carbons (Fsp3) is 0.0339. The fourth-order valence-electron chi connectivity index (χ4n) is 10.4. The van der Waals surface area contributed by atoms with E-state index in [1.54, 1.807) is 0 Å². The molecule has 5 heteroatoms. The molecule has 64 heavy (non-hydrogen) atoms. The van der Waals surface area contributed by atoms with Crippen LogP contribution in [-0.4, -0.2) is 15.0 Å². The molecule has 0 fully saturated rings. The van der Waals surface area contributed by atoms with Crippen molar-refractivity contribution in [3.8, 4) is 67.3 Å². The molecule has 2 aliphatic heterocycles. The van der Waals surface area contributed by atoms with Crippen LogP contribution >= 0.6 is 0 Å². The zero-order valence-electron chi connectivity index (χ0n) is 34.8. The predicted molar refractivity (Wildman–Crippen MR) is 260 cm³/mol. The molecule has 3 heterocycles. The summed E-state index contributed by atoms with van der Waals surface area (Å²) in [5.41, 5.74) is 20.0. The highest BCUT2D eigenvalue weighted by Gasteiger charge is 2.42. The van der Waals surface area contributed by atoms with Crippen molar-refractivity contribution in [3.05, 3.63) is 247 Å². The van der Waals surface area contributed by atoms with E-state index in [2.05, 4.69) is 198 Å². The maximum atomic E-state index is 5.22. The second-order valence-corrected chi connectivity index (χ2v) is 16.7. The predicted octanol–water partition coefficient (Wildman–Crippen LogP) is 14.7. The third-order valence-electron chi connectivity index (χ3n) is 13.2. The summed E-state index contributed by atoms with van der Waals surface area (Å²) >= 11 is 0. The van der Waals surface area contributed by atoms with Gasteiger partial charge in [-0.3, -0.25) is 0 Å². The van der Waals surface area contributed by atoms with Crippen molar-refractivity contribution in [2.75, 3.05) is 9.80 Å². The molecule has 0 radical (unpaired) electrons. The highest BCUT2D eigenvalue weighted by atomic mass is 15.4. The van der Waals surface area contributed by atoms with E-state index >= 15 is 0 Å². The standard InChI is InChI=1S/C59H39N5/c1-5-18-38(19-6-1)56-60-57(39-20-7-2-8-21-39)62-58(61-56)54-46-28-14-13-26-44(46)50-36-40(32-34-49(50)54)41-33-35-53-51(37-41)48-30-17-29-47-45-27-15-16-31-52(45)63(42-22-9-3-10-23-42)59(55(47)48)64(53)43-24-11-4-12-25-43/h1-37,54,59H. The average molecular weight is 818 g/mol. The summed E-state index contributed by atoms with van der Waals surface area (Å²) in [6, 6.07) is 80.6. The zero-order valence-corrected chi connectivity index (χ0v) is 34.8. The molecular weight excluding hydrogens is 779 g/mol. The first-order valence-electron chi connectivity index (χ1n) is 21.9. The van der Waals surface area contributed by atoms with Crippen molar-refractivity contribution >= 4 is 22.7 Å². The molecule has 0 N–H and O–H groups in total. The quantitative estimate of drug-likeness (QED) is 0.167. The van der Waals surface area contributed by atoms with Crippen molar-refractivity contribution in [2.24, 2.45) is 0 Å². The van der Waals surface area contributed by atoms with Gasteiger partial charge in [-0.05, 0) is 93.0 Å². The Bertz CT molecular complexity index is 3350. The minimum Gasteiger partial charge on any atom is -0.315 e. The van der Waals surface area contributed by atoms with Crippen LogP contribution in [0.15, 0.2) is 224 Å². The van der Waals surface area contributed by atoms with E-state index in [9.17, 15) is 0 Å². The van der Waals surface area contributed by atoms with Crippen molar-refractivity contribution in [3.63, 3.8) is 0 Å². The Morgan fingerprint density at radius 1 is 0.312 bits per heavy atom. The lowest BCUT2D eigenvalue weighted by molar-refractivity contribution is 0.694. The number of fused-ring (bicyclic) bond motifs is 7. The Labute approximate surface area is 372 Å². The number of anilines is 4. The molecule has 300 valence electrons. The molecule has 1 aromatic heterocycles. The highest BCUT2D eigenvalue weighted by molar-refractivity contribution is 6.00. The first kappa shape index (κ1) is 36.3. The normalized spacial score (nSPS) is 15.1. The van der Waals surface area contributed by atoms with Crippen LogP contribution in [0.5, 0.6) is 0 Å². The molecule has 0 saturated heterocycles. The number of hydrogen-bond donors (Lipinski definition) is 0. The van der Waals surface area contributed by atoms with E-state index in [0.717, 1.165) is 33.9 Å². The van der Waals surface area contributed by atoms with Gasteiger partial charge < -0.3 is 9.80 Å². The van der Waals surface area contributed by atoms with Gasteiger partial charge in [0.15, 0.2) is 11.6 Å². The molecule has 0 saturated carbocycles. The van der Waals surface area contributed by atoms with Gasteiger partial charge >= 0.3 is 0 Å². The Morgan fingerprint density at radius 2 is 0.781 bits per heavy atom. The highest BCUT2D eigenvalue weighted by Crippen LogP contribution is 2.59. The van der Waals surface area contributed by atoms with Gasteiger partial charge in [-0.2, -0.15) is 0 Å². The van der Waals surface area contributed by atoms with E-state index in [1.165, 1.54) is 67.0 Å². The maximum absolute atomic E-state index is 5.22.